The molecule has 2 fully saturated rings. The van der Waals surface area contributed by atoms with E-state index in [0.29, 0.717) is 23.7 Å². The first-order valence-electron chi connectivity index (χ1n) is 15.5. The van der Waals surface area contributed by atoms with Crippen LogP contribution in [0.2, 0.25) is 0 Å². The molecule has 1 aliphatic carbocycles. The fourth-order valence-electron chi connectivity index (χ4n) is 6.53. The van der Waals surface area contributed by atoms with Gasteiger partial charge in [0.15, 0.2) is 0 Å². The molecule has 2 aromatic carbocycles. The second-order valence-electron chi connectivity index (χ2n) is 12.1. The molecule has 1 saturated heterocycles. The molecule has 0 bridgehead atoms. The van der Waals surface area contributed by atoms with Crippen LogP contribution >= 0.6 is 0 Å². The van der Waals surface area contributed by atoms with Gasteiger partial charge in [0.25, 0.3) is 0 Å². The Hall–Kier alpha value is -4.88. The summed E-state index contributed by atoms with van der Waals surface area (Å²) in [5, 5.41) is 15.6. The number of urea groups is 1. The monoisotopic (exact) mass is 606 g/mol. The van der Waals surface area contributed by atoms with Gasteiger partial charge >= 0.3 is 6.03 Å². The highest BCUT2D eigenvalue weighted by molar-refractivity contribution is 6.06. The number of hydrogen-bond acceptors (Lipinski definition) is 7. The van der Waals surface area contributed by atoms with Crippen LogP contribution in [-0.2, 0) is 11.2 Å². The first-order chi connectivity index (χ1) is 21.8. The predicted octanol–water partition coefficient (Wildman–Crippen LogP) is 5.12. The van der Waals surface area contributed by atoms with E-state index in [4.69, 9.17) is 11.0 Å². The smallest absolute Gasteiger partial charge is 0.319 e. The van der Waals surface area contributed by atoms with Gasteiger partial charge in [-0.3, -0.25) is 9.69 Å². The molecule has 1 aromatic heterocycles. The molecule has 0 spiro atoms. The Morgan fingerprint density at radius 2 is 1.82 bits per heavy atom. The fraction of sp³-hybridized carbons (Fsp3) is 0.371. The van der Waals surface area contributed by atoms with Gasteiger partial charge < -0.3 is 26.2 Å². The summed E-state index contributed by atoms with van der Waals surface area (Å²) in [5.74, 6) is 0.418. The molecule has 3 aromatic rings. The normalized spacial score (nSPS) is 19.5. The van der Waals surface area contributed by atoms with Crippen molar-refractivity contribution in [3.63, 3.8) is 0 Å². The number of pyridine rings is 1. The SMILES string of the molecule is C=CC(=O)Nc1ccc(Cc2ccccc2)c(N(C(N)=O)C2CCC(Nc3ccc(C#N)cn3)CC2)c1N1CCC(N(C)C)C1. The summed E-state index contributed by atoms with van der Waals surface area (Å²) in [6.45, 7) is 5.19. The van der Waals surface area contributed by atoms with Crippen molar-refractivity contribution in [2.24, 2.45) is 5.73 Å². The second-order valence-corrected chi connectivity index (χ2v) is 12.1. The number of rotatable bonds is 10. The number of amides is 3. The number of hydrogen-bond donors (Lipinski definition) is 3. The van der Waals surface area contributed by atoms with E-state index in [2.05, 4.69) is 64.3 Å². The van der Waals surface area contributed by atoms with Crippen LogP contribution in [0.15, 0.2) is 73.4 Å². The van der Waals surface area contributed by atoms with E-state index in [9.17, 15) is 9.59 Å². The number of nitrogens with two attached hydrogens (primary N) is 1. The largest absolute Gasteiger partial charge is 0.367 e. The van der Waals surface area contributed by atoms with Crippen molar-refractivity contribution in [1.29, 1.82) is 5.26 Å². The van der Waals surface area contributed by atoms with Crippen LogP contribution in [0.1, 0.15) is 48.8 Å². The first-order valence-corrected chi connectivity index (χ1v) is 15.5. The van der Waals surface area contributed by atoms with E-state index in [1.54, 1.807) is 17.2 Å². The molecule has 234 valence electrons. The van der Waals surface area contributed by atoms with E-state index in [1.807, 2.05) is 36.4 Å². The van der Waals surface area contributed by atoms with Crippen molar-refractivity contribution in [2.45, 2.75) is 56.7 Å². The topological polar surface area (TPSA) is 131 Å². The Labute approximate surface area is 265 Å². The maximum atomic E-state index is 13.5. The van der Waals surface area contributed by atoms with Gasteiger partial charge in [-0.25, -0.2) is 9.78 Å². The number of primary amides is 1. The van der Waals surface area contributed by atoms with E-state index < -0.39 is 6.03 Å². The van der Waals surface area contributed by atoms with Crippen molar-refractivity contribution < 1.29 is 9.59 Å². The predicted molar refractivity (Wildman–Crippen MR) is 180 cm³/mol. The van der Waals surface area contributed by atoms with Gasteiger partial charge in [0.2, 0.25) is 5.91 Å². The van der Waals surface area contributed by atoms with Crippen LogP contribution in [0, 0.1) is 11.3 Å². The van der Waals surface area contributed by atoms with Crippen molar-refractivity contribution >= 4 is 34.8 Å². The van der Waals surface area contributed by atoms with Gasteiger partial charge in [-0.15, -0.1) is 0 Å². The second kappa shape index (κ2) is 14.3. The molecular formula is C35H42N8O2. The molecule has 10 nitrogen and oxygen atoms in total. The average Bonchev–Trinajstić information content (AvgIpc) is 3.54. The molecule has 45 heavy (non-hydrogen) atoms. The Bertz CT molecular complexity index is 1540. The summed E-state index contributed by atoms with van der Waals surface area (Å²) in [5.41, 5.74) is 11.1. The van der Waals surface area contributed by atoms with Crippen molar-refractivity contribution in [1.82, 2.24) is 9.88 Å². The van der Waals surface area contributed by atoms with Crippen molar-refractivity contribution in [2.75, 3.05) is 47.6 Å². The maximum absolute atomic E-state index is 13.5. The van der Waals surface area contributed by atoms with Crippen LogP contribution in [-0.4, -0.2) is 67.1 Å². The minimum absolute atomic E-state index is 0.125. The van der Waals surface area contributed by atoms with Gasteiger partial charge in [-0.2, -0.15) is 5.26 Å². The summed E-state index contributed by atoms with van der Waals surface area (Å²) in [4.78, 5) is 36.8. The molecule has 1 unspecified atom stereocenters. The molecule has 2 heterocycles. The lowest BCUT2D eigenvalue weighted by atomic mass is 9.89. The quantitative estimate of drug-likeness (QED) is 0.273. The third-order valence-electron chi connectivity index (χ3n) is 8.91. The van der Waals surface area contributed by atoms with Crippen LogP contribution in [0.4, 0.5) is 27.7 Å². The lowest BCUT2D eigenvalue weighted by Gasteiger charge is -2.40. The highest BCUT2D eigenvalue weighted by Gasteiger charge is 2.36. The molecular weight excluding hydrogens is 564 g/mol. The standard InChI is InChI=1S/C35H42N8O2/c1-4-32(44)40-30-16-11-26(20-24-8-6-5-7-9-24)33(34(30)42-19-18-29(23-42)41(2)3)43(35(37)45)28-14-12-27(13-15-28)39-31-17-10-25(21-36)22-38-31/h4-11,16-17,22,27-29H,1,12-15,18-20,23H2,2-3H3,(H2,37,45)(H,38,39)(H,40,44). The van der Waals surface area contributed by atoms with E-state index >= 15 is 0 Å². The zero-order valence-electron chi connectivity index (χ0n) is 26.1. The summed E-state index contributed by atoms with van der Waals surface area (Å²) in [6.07, 6.45) is 7.51. The maximum Gasteiger partial charge on any atom is 0.319 e. The average molecular weight is 607 g/mol. The Morgan fingerprint density at radius 3 is 2.42 bits per heavy atom. The van der Waals surface area contributed by atoms with Crippen LogP contribution in [0.5, 0.6) is 0 Å². The molecule has 1 aliphatic heterocycles. The third kappa shape index (κ3) is 7.44. The Morgan fingerprint density at radius 1 is 1.07 bits per heavy atom. The first kappa shape index (κ1) is 31.5. The summed E-state index contributed by atoms with van der Waals surface area (Å²) < 4.78 is 0. The molecule has 10 heteroatoms. The van der Waals surface area contributed by atoms with Crippen molar-refractivity contribution in [3.8, 4) is 6.07 Å². The van der Waals surface area contributed by atoms with Crippen LogP contribution in [0.3, 0.4) is 0 Å². The van der Waals surface area contributed by atoms with Crippen molar-refractivity contribution in [3.05, 3.63) is 90.1 Å². The molecule has 2 aliphatic rings. The van der Waals surface area contributed by atoms with E-state index in [1.165, 1.54) is 6.08 Å². The highest BCUT2D eigenvalue weighted by Crippen LogP contribution is 2.44. The van der Waals surface area contributed by atoms with Gasteiger partial charge in [-0.1, -0.05) is 43.0 Å². The Balaban J connectivity index is 1.52. The molecule has 4 N–H and O–H groups in total. The van der Waals surface area contributed by atoms with E-state index in [-0.39, 0.29) is 18.0 Å². The van der Waals surface area contributed by atoms with Gasteiger partial charge in [0.05, 0.1) is 22.6 Å². The number of aromatic nitrogens is 1. The molecule has 0 radical (unpaired) electrons. The zero-order valence-corrected chi connectivity index (χ0v) is 26.1. The number of anilines is 4. The fourth-order valence-corrected chi connectivity index (χ4v) is 6.53. The van der Waals surface area contributed by atoms with Crippen LogP contribution in [0.25, 0.3) is 0 Å². The van der Waals surface area contributed by atoms with Gasteiger partial charge in [0.1, 0.15) is 11.9 Å². The molecule has 3 amide bonds. The summed E-state index contributed by atoms with van der Waals surface area (Å²) >= 11 is 0. The van der Waals surface area contributed by atoms with Gasteiger partial charge in [0, 0.05) is 37.4 Å². The lowest BCUT2D eigenvalue weighted by molar-refractivity contribution is -0.111. The minimum Gasteiger partial charge on any atom is -0.367 e. The number of carbonyl (C=O) groups excluding carboxylic acids is 2. The summed E-state index contributed by atoms with van der Waals surface area (Å²) in [6, 6.07) is 19.7. The minimum atomic E-state index is -0.508. The lowest BCUT2D eigenvalue weighted by Crippen LogP contribution is -2.48. The molecule has 1 atom stereocenters. The number of benzene rings is 2. The summed E-state index contributed by atoms with van der Waals surface area (Å²) in [7, 11) is 4.16. The molecule has 5 rings (SSSR count). The number of nitrogens with zero attached hydrogens (tertiary/aromatic N) is 5. The van der Waals surface area contributed by atoms with E-state index in [0.717, 1.165) is 73.5 Å². The number of likely N-dealkylation sites (N-methyl/N-ethyl adjacent to an activating group) is 1. The number of nitrogens with one attached hydrogen (secondary N) is 2. The van der Waals surface area contributed by atoms with Gasteiger partial charge in [-0.05, 0) is 88.0 Å². The van der Waals surface area contributed by atoms with Crippen LogP contribution < -0.4 is 26.2 Å². The number of nitriles is 1. The molecule has 1 saturated carbocycles. The number of carbonyl (C=O) groups is 2. The highest BCUT2D eigenvalue weighted by atomic mass is 16.2. The zero-order chi connectivity index (χ0) is 31.9. The Kier molecular flexibility index (Phi) is 10.0. The third-order valence-corrected chi connectivity index (χ3v) is 8.91.